The summed E-state index contributed by atoms with van der Waals surface area (Å²) in [7, 11) is 0. The van der Waals surface area contributed by atoms with Crippen LogP contribution in [0.1, 0.15) is 19.8 Å². The molecule has 0 amide bonds. The average Bonchev–Trinajstić information content (AvgIpc) is 2.53. The Kier molecular flexibility index (Phi) is 4.15. The molecule has 1 unspecified atom stereocenters. The molecule has 0 aliphatic carbocycles. The molecule has 0 aromatic carbocycles. The van der Waals surface area contributed by atoms with Crippen molar-refractivity contribution in [3.63, 3.8) is 0 Å². The minimum Gasteiger partial charge on any atom is -0.337 e. The van der Waals surface area contributed by atoms with Crippen LogP contribution in [-0.4, -0.2) is 15.4 Å². The van der Waals surface area contributed by atoms with E-state index < -0.39 is 0 Å². The fourth-order valence-corrected chi connectivity index (χ4v) is 1.49. The summed E-state index contributed by atoms with van der Waals surface area (Å²) < 4.78 is 2.10. The van der Waals surface area contributed by atoms with Crippen molar-refractivity contribution in [2.24, 2.45) is 5.92 Å². The molecule has 0 radical (unpaired) electrons. The Bertz CT molecular complexity index is 196. The summed E-state index contributed by atoms with van der Waals surface area (Å²) in [6, 6.07) is 0. The third-order valence-electron chi connectivity index (χ3n) is 2.04. The molecule has 0 saturated heterocycles. The highest BCUT2D eigenvalue weighted by molar-refractivity contribution is 6.17. The van der Waals surface area contributed by atoms with E-state index in [0.29, 0.717) is 5.92 Å². The van der Waals surface area contributed by atoms with Gasteiger partial charge in [0.15, 0.2) is 0 Å². The summed E-state index contributed by atoms with van der Waals surface area (Å²) in [5, 5.41) is 0. The normalized spacial score (nSPS) is 13.2. The van der Waals surface area contributed by atoms with Crippen LogP contribution in [0.3, 0.4) is 0 Å². The van der Waals surface area contributed by atoms with Crippen LogP contribution in [0.5, 0.6) is 0 Å². The van der Waals surface area contributed by atoms with Gasteiger partial charge in [-0.3, -0.25) is 0 Å². The van der Waals surface area contributed by atoms with Gasteiger partial charge in [-0.2, -0.15) is 0 Å². The fraction of sp³-hybridized carbons (Fsp3) is 0.667. The lowest BCUT2D eigenvalue weighted by molar-refractivity contribution is 0.470. The van der Waals surface area contributed by atoms with E-state index in [4.69, 9.17) is 11.6 Å². The first-order valence-electron chi connectivity index (χ1n) is 4.34. The fourth-order valence-electron chi connectivity index (χ4n) is 1.12. The first kappa shape index (κ1) is 9.59. The SMILES string of the molecule is CC(CCCl)CCn1ccnc1. The van der Waals surface area contributed by atoms with E-state index in [-0.39, 0.29) is 0 Å². The number of halogens is 1. The number of imidazole rings is 1. The molecule has 3 heteroatoms. The molecular formula is C9H15ClN2. The minimum atomic E-state index is 0.713. The van der Waals surface area contributed by atoms with E-state index in [9.17, 15) is 0 Å². The molecule has 0 saturated carbocycles. The van der Waals surface area contributed by atoms with Crippen LogP contribution in [0.4, 0.5) is 0 Å². The van der Waals surface area contributed by atoms with Crippen LogP contribution in [0, 0.1) is 5.92 Å². The van der Waals surface area contributed by atoms with Crippen molar-refractivity contribution in [3.05, 3.63) is 18.7 Å². The van der Waals surface area contributed by atoms with Gasteiger partial charge in [0, 0.05) is 24.8 Å². The van der Waals surface area contributed by atoms with Gasteiger partial charge in [-0.05, 0) is 18.8 Å². The summed E-state index contributed by atoms with van der Waals surface area (Å²) in [5.41, 5.74) is 0. The van der Waals surface area contributed by atoms with Gasteiger partial charge in [-0.15, -0.1) is 11.6 Å². The van der Waals surface area contributed by atoms with E-state index in [1.807, 2.05) is 18.7 Å². The lowest BCUT2D eigenvalue weighted by atomic mass is 10.1. The second-order valence-corrected chi connectivity index (χ2v) is 3.55. The van der Waals surface area contributed by atoms with Crippen LogP contribution in [-0.2, 0) is 6.54 Å². The summed E-state index contributed by atoms with van der Waals surface area (Å²) >= 11 is 5.64. The van der Waals surface area contributed by atoms with Crippen LogP contribution < -0.4 is 0 Å². The molecule has 12 heavy (non-hydrogen) atoms. The van der Waals surface area contributed by atoms with E-state index in [2.05, 4.69) is 16.5 Å². The van der Waals surface area contributed by atoms with Crippen LogP contribution >= 0.6 is 11.6 Å². The Morgan fingerprint density at radius 3 is 2.92 bits per heavy atom. The number of alkyl halides is 1. The zero-order valence-electron chi connectivity index (χ0n) is 7.41. The Morgan fingerprint density at radius 1 is 1.50 bits per heavy atom. The standard InChI is InChI=1S/C9H15ClN2/c1-9(2-4-10)3-6-12-7-5-11-8-12/h5,7-9H,2-4,6H2,1H3. The highest BCUT2D eigenvalue weighted by Gasteiger charge is 2.00. The van der Waals surface area contributed by atoms with Gasteiger partial charge < -0.3 is 4.57 Å². The van der Waals surface area contributed by atoms with Gasteiger partial charge in [0.05, 0.1) is 6.33 Å². The van der Waals surface area contributed by atoms with Gasteiger partial charge >= 0.3 is 0 Å². The molecule has 1 rings (SSSR count). The highest BCUT2D eigenvalue weighted by atomic mass is 35.5. The lowest BCUT2D eigenvalue weighted by Gasteiger charge is -2.08. The predicted molar refractivity (Wildman–Crippen MR) is 51.3 cm³/mol. The summed E-state index contributed by atoms with van der Waals surface area (Å²) in [4.78, 5) is 3.98. The van der Waals surface area contributed by atoms with Gasteiger partial charge in [0.25, 0.3) is 0 Å². The summed E-state index contributed by atoms with van der Waals surface area (Å²) in [5.74, 6) is 1.48. The quantitative estimate of drug-likeness (QED) is 0.647. The predicted octanol–water partition coefficient (Wildman–Crippen LogP) is 2.54. The zero-order valence-corrected chi connectivity index (χ0v) is 8.17. The van der Waals surface area contributed by atoms with E-state index in [0.717, 1.165) is 18.8 Å². The molecule has 0 spiro atoms. The number of aromatic nitrogens is 2. The van der Waals surface area contributed by atoms with Crippen molar-refractivity contribution in [2.75, 3.05) is 5.88 Å². The Morgan fingerprint density at radius 2 is 2.33 bits per heavy atom. The minimum absolute atomic E-state index is 0.713. The van der Waals surface area contributed by atoms with Crippen molar-refractivity contribution in [2.45, 2.75) is 26.3 Å². The topological polar surface area (TPSA) is 17.8 Å². The van der Waals surface area contributed by atoms with Crippen LogP contribution in [0.2, 0.25) is 0 Å². The third-order valence-corrected chi connectivity index (χ3v) is 2.26. The average molecular weight is 187 g/mol. The molecule has 2 nitrogen and oxygen atoms in total. The summed E-state index contributed by atoms with van der Waals surface area (Å²) in [6.07, 6.45) is 7.95. The lowest BCUT2D eigenvalue weighted by Crippen LogP contribution is -2.02. The van der Waals surface area contributed by atoms with Crippen LogP contribution in [0.25, 0.3) is 0 Å². The van der Waals surface area contributed by atoms with Crippen LogP contribution in [0.15, 0.2) is 18.7 Å². The Balaban J connectivity index is 2.17. The van der Waals surface area contributed by atoms with E-state index in [1.165, 1.54) is 6.42 Å². The molecule has 68 valence electrons. The maximum atomic E-state index is 5.64. The molecule has 0 aliphatic heterocycles. The van der Waals surface area contributed by atoms with Gasteiger partial charge in [0.2, 0.25) is 0 Å². The maximum absolute atomic E-state index is 5.64. The summed E-state index contributed by atoms with van der Waals surface area (Å²) in [6.45, 7) is 3.29. The van der Waals surface area contributed by atoms with Gasteiger partial charge in [-0.25, -0.2) is 4.98 Å². The molecule has 0 N–H and O–H groups in total. The number of hydrogen-bond acceptors (Lipinski definition) is 1. The first-order valence-corrected chi connectivity index (χ1v) is 4.88. The zero-order chi connectivity index (χ0) is 8.81. The van der Waals surface area contributed by atoms with Crippen molar-refractivity contribution < 1.29 is 0 Å². The molecular weight excluding hydrogens is 172 g/mol. The molecule has 1 heterocycles. The van der Waals surface area contributed by atoms with Crippen molar-refractivity contribution in [1.82, 2.24) is 9.55 Å². The molecule has 0 aliphatic rings. The van der Waals surface area contributed by atoms with E-state index in [1.54, 1.807) is 0 Å². The number of nitrogens with zero attached hydrogens (tertiary/aromatic N) is 2. The smallest absolute Gasteiger partial charge is 0.0945 e. The highest BCUT2D eigenvalue weighted by Crippen LogP contribution is 2.09. The van der Waals surface area contributed by atoms with Crippen molar-refractivity contribution in [3.8, 4) is 0 Å². The second-order valence-electron chi connectivity index (χ2n) is 3.17. The van der Waals surface area contributed by atoms with E-state index >= 15 is 0 Å². The Hall–Kier alpha value is -0.500. The van der Waals surface area contributed by atoms with Gasteiger partial charge in [0.1, 0.15) is 0 Å². The molecule has 0 fully saturated rings. The third kappa shape index (κ3) is 3.26. The van der Waals surface area contributed by atoms with Crippen molar-refractivity contribution in [1.29, 1.82) is 0 Å². The number of aryl methyl sites for hydroxylation is 1. The molecule has 1 aromatic heterocycles. The molecule has 1 atom stereocenters. The molecule has 1 aromatic rings. The maximum Gasteiger partial charge on any atom is 0.0945 e. The number of rotatable bonds is 5. The first-order chi connectivity index (χ1) is 5.83. The molecule has 0 bridgehead atoms. The monoisotopic (exact) mass is 186 g/mol. The number of hydrogen-bond donors (Lipinski definition) is 0. The second kappa shape index (κ2) is 5.20. The van der Waals surface area contributed by atoms with Crippen molar-refractivity contribution >= 4 is 11.6 Å². The largest absolute Gasteiger partial charge is 0.337 e. The van der Waals surface area contributed by atoms with Gasteiger partial charge in [-0.1, -0.05) is 6.92 Å². The Labute approximate surface area is 78.6 Å².